The van der Waals surface area contributed by atoms with E-state index in [1.165, 1.54) is 0 Å². The Kier molecular flexibility index (Phi) is 3.15. The van der Waals surface area contributed by atoms with Gasteiger partial charge in [0.1, 0.15) is 10.3 Å². The van der Waals surface area contributed by atoms with E-state index >= 15 is 0 Å². The van der Waals surface area contributed by atoms with Crippen molar-refractivity contribution in [3.8, 4) is 0 Å². The van der Waals surface area contributed by atoms with Crippen LogP contribution in [0.3, 0.4) is 0 Å². The molecule has 0 aliphatic heterocycles. The van der Waals surface area contributed by atoms with Crippen LogP contribution in [0.15, 0.2) is 0 Å². The molecule has 0 atom stereocenters. The first-order valence-corrected chi connectivity index (χ1v) is 5.98. The average molecular weight is 224 g/mol. The standard InChI is InChI=1S/C9H21NO3S/c1-8(2,10(5,6)7)9(3,4)14(11,12)13/h1-7H3/p+1. The van der Waals surface area contributed by atoms with Gasteiger partial charge in [0.25, 0.3) is 10.1 Å². The first-order chi connectivity index (χ1) is 5.75. The van der Waals surface area contributed by atoms with Gasteiger partial charge in [0.05, 0.1) is 21.1 Å². The van der Waals surface area contributed by atoms with Crippen molar-refractivity contribution in [3.05, 3.63) is 0 Å². The minimum absolute atomic E-state index is 0.458. The van der Waals surface area contributed by atoms with Crippen LogP contribution in [0.2, 0.25) is 0 Å². The fourth-order valence-electron chi connectivity index (χ4n) is 1.12. The van der Waals surface area contributed by atoms with Gasteiger partial charge in [-0.05, 0) is 27.7 Å². The van der Waals surface area contributed by atoms with E-state index in [4.69, 9.17) is 0 Å². The Labute approximate surface area is 87.3 Å². The molecule has 14 heavy (non-hydrogen) atoms. The maximum absolute atomic E-state index is 11.3. The van der Waals surface area contributed by atoms with Gasteiger partial charge in [-0.1, -0.05) is 0 Å². The van der Waals surface area contributed by atoms with Crippen molar-refractivity contribution in [2.24, 2.45) is 0 Å². The van der Waals surface area contributed by atoms with Crippen molar-refractivity contribution in [1.82, 2.24) is 0 Å². The second-order valence-corrected chi connectivity index (χ2v) is 7.53. The van der Waals surface area contributed by atoms with Gasteiger partial charge in [-0.25, -0.2) is 0 Å². The molecule has 0 rings (SSSR count). The lowest BCUT2D eigenvalue weighted by Gasteiger charge is -2.48. The van der Waals surface area contributed by atoms with Gasteiger partial charge in [-0.15, -0.1) is 0 Å². The van der Waals surface area contributed by atoms with Crippen molar-refractivity contribution in [1.29, 1.82) is 0 Å². The van der Waals surface area contributed by atoms with Gasteiger partial charge in [0.15, 0.2) is 0 Å². The summed E-state index contributed by atoms with van der Waals surface area (Å²) >= 11 is 0. The van der Waals surface area contributed by atoms with Crippen LogP contribution in [0.25, 0.3) is 0 Å². The van der Waals surface area contributed by atoms with Crippen LogP contribution in [0, 0.1) is 0 Å². The molecule has 0 saturated heterocycles. The van der Waals surface area contributed by atoms with E-state index in [-0.39, 0.29) is 0 Å². The monoisotopic (exact) mass is 224 g/mol. The van der Waals surface area contributed by atoms with Crippen molar-refractivity contribution in [2.45, 2.75) is 38.0 Å². The topological polar surface area (TPSA) is 54.4 Å². The second kappa shape index (κ2) is 3.18. The number of rotatable bonds is 3. The van der Waals surface area contributed by atoms with E-state index in [9.17, 15) is 13.0 Å². The van der Waals surface area contributed by atoms with Crippen LogP contribution in [-0.4, -0.2) is 48.9 Å². The summed E-state index contributed by atoms with van der Waals surface area (Å²) in [6.45, 7) is 6.76. The molecule has 1 N–H and O–H groups in total. The van der Waals surface area contributed by atoms with Gasteiger partial charge < -0.3 is 4.48 Å². The Balaban J connectivity index is 5.54. The van der Waals surface area contributed by atoms with Crippen LogP contribution >= 0.6 is 0 Å². The molecule has 0 aliphatic carbocycles. The molecule has 0 aliphatic rings. The highest BCUT2D eigenvalue weighted by Crippen LogP contribution is 2.35. The molecule has 5 heteroatoms. The van der Waals surface area contributed by atoms with E-state index in [1.807, 2.05) is 35.0 Å². The largest absolute Gasteiger partial charge is 0.325 e. The number of hydrogen-bond acceptors (Lipinski definition) is 2. The lowest BCUT2D eigenvalue weighted by molar-refractivity contribution is -0.921. The zero-order chi connectivity index (χ0) is 12.0. The Morgan fingerprint density at radius 3 is 1.36 bits per heavy atom. The van der Waals surface area contributed by atoms with E-state index in [1.54, 1.807) is 13.8 Å². The molecule has 0 unspecified atom stereocenters. The maximum Gasteiger partial charge on any atom is 0.276 e. The Bertz CT molecular complexity index is 309. The fourth-order valence-corrected chi connectivity index (χ4v) is 2.03. The molecular weight excluding hydrogens is 202 g/mol. The van der Waals surface area contributed by atoms with Crippen LogP contribution in [0.5, 0.6) is 0 Å². The summed E-state index contributed by atoms with van der Waals surface area (Å²) in [5.41, 5.74) is -0.583. The average Bonchev–Trinajstić information content (AvgIpc) is 1.81. The molecule has 0 fully saturated rings. The van der Waals surface area contributed by atoms with E-state index in [0.717, 1.165) is 0 Å². The van der Waals surface area contributed by atoms with Crippen molar-refractivity contribution < 1.29 is 17.5 Å². The van der Waals surface area contributed by atoms with Gasteiger partial charge in [-0.2, -0.15) is 8.42 Å². The SMILES string of the molecule is CC(C)(C(C)(C)S(=O)(=O)O)[N+](C)(C)C. The molecule has 0 amide bonds. The summed E-state index contributed by atoms with van der Waals surface area (Å²) in [7, 11) is 1.67. The third-order valence-electron chi connectivity index (χ3n) is 3.80. The van der Waals surface area contributed by atoms with Crippen molar-refractivity contribution >= 4 is 10.1 Å². The molecule has 4 nitrogen and oxygen atoms in total. The summed E-state index contributed by atoms with van der Waals surface area (Å²) in [5, 5.41) is 0. The Hall–Kier alpha value is -0.130. The fraction of sp³-hybridized carbons (Fsp3) is 1.00. The quantitative estimate of drug-likeness (QED) is 0.577. The number of hydrogen-bond donors (Lipinski definition) is 1. The van der Waals surface area contributed by atoms with Crippen LogP contribution < -0.4 is 0 Å². The lowest BCUT2D eigenvalue weighted by atomic mass is 9.86. The van der Waals surface area contributed by atoms with Crippen LogP contribution in [-0.2, 0) is 10.1 Å². The molecule has 0 bridgehead atoms. The summed E-state index contributed by atoms with van der Waals surface area (Å²) in [5.74, 6) is 0. The minimum atomic E-state index is -4.06. The first kappa shape index (κ1) is 13.9. The summed E-state index contributed by atoms with van der Waals surface area (Å²) in [6.07, 6.45) is 0. The molecule has 0 aromatic heterocycles. The number of quaternary nitrogens is 1. The highest BCUT2D eigenvalue weighted by atomic mass is 32.2. The third kappa shape index (κ3) is 1.94. The van der Waals surface area contributed by atoms with E-state index in [2.05, 4.69) is 0 Å². The Morgan fingerprint density at radius 2 is 1.29 bits per heavy atom. The molecule has 0 aromatic rings. The predicted octanol–water partition coefficient (Wildman–Crippen LogP) is 1.14. The molecular formula is C9H22NO3S+. The highest BCUT2D eigenvalue weighted by Gasteiger charge is 2.55. The van der Waals surface area contributed by atoms with E-state index in [0.29, 0.717) is 4.48 Å². The lowest BCUT2D eigenvalue weighted by Crippen LogP contribution is -2.66. The van der Waals surface area contributed by atoms with Crippen LogP contribution in [0.1, 0.15) is 27.7 Å². The molecule has 0 radical (unpaired) electrons. The molecule has 0 heterocycles. The normalized spacial score (nSPS) is 15.7. The smallest absolute Gasteiger partial charge is 0.276 e. The molecule has 86 valence electrons. The summed E-state index contributed by atoms with van der Waals surface area (Å²) < 4.78 is 31.1. The zero-order valence-electron chi connectivity index (χ0n) is 10.1. The highest BCUT2D eigenvalue weighted by molar-refractivity contribution is 7.87. The third-order valence-corrected chi connectivity index (χ3v) is 5.58. The molecule has 0 saturated carbocycles. The van der Waals surface area contributed by atoms with Crippen molar-refractivity contribution in [3.63, 3.8) is 0 Å². The summed E-state index contributed by atoms with van der Waals surface area (Å²) in [4.78, 5) is 0. The second-order valence-electron chi connectivity index (χ2n) is 5.56. The van der Waals surface area contributed by atoms with Gasteiger partial charge in [0, 0.05) is 0 Å². The maximum atomic E-state index is 11.3. The Morgan fingerprint density at radius 1 is 1.00 bits per heavy atom. The summed E-state index contributed by atoms with van der Waals surface area (Å²) in [6, 6.07) is 0. The van der Waals surface area contributed by atoms with Gasteiger partial charge in [0.2, 0.25) is 0 Å². The predicted molar refractivity (Wildman–Crippen MR) is 57.7 cm³/mol. The van der Waals surface area contributed by atoms with Gasteiger partial charge in [-0.3, -0.25) is 4.55 Å². The first-order valence-electron chi connectivity index (χ1n) is 4.54. The minimum Gasteiger partial charge on any atom is -0.325 e. The number of nitrogens with zero attached hydrogens (tertiary/aromatic N) is 1. The zero-order valence-corrected chi connectivity index (χ0v) is 10.9. The van der Waals surface area contributed by atoms with Crippen LogP contribution in [0.4, 0.5) is 0 Å². The van der Waals surface area contributed by atoms with Gasteiger partial charge >= 0.3 is 0 Å². The van der Waals surface area contributed by atoms with Crippen molar-refractivity contribution in [2.75, 3.05) is 21.1 Å². The van der Waals surface area contributed by atoms with E-state index < -0.39 is 20.4 Å². The molecule has 0 aromatic carbocycles. The molecule has 0 spiro atoms.